The molecule has 1 aromatic rings. The van der Waals surface area contributed by atoms with E-state index in [0.29, 0.717) is 38.0 Å². The maximum Gasteiger partial charge on any atom is 0.246 e. The van der Waals surface area contributed by atoms with E-state index >= 15 is 0 Å². The summed E-state index contributed by atoms with van der Waals surface area (Å²) < 4.78 is 32.7. The number of methoxy groups -OCH3 is 1. The van der Waals surface area contributed by atoms with E-state index in [4.69, 9.17) is 4.74 Å². The first-order chi connectivity index (χ1) is 12.9. The zero-order chi connectivity index (χ0) is 19.4. The minimum atomic E-state index is -3.72. The summed E-state index contributed by atoms with van der Waals surface area (Å²) in [5, 5.41) is 12.6. The summed E-state index contributed by atoms with van der Waals surface area (Å²) in [6.45, 7) is 0.585. The summed E-state index contributed by atoms with van der Waals surface area (Å²) in [7, 11) is -2.27. The van der Waals surface area contributed by atoms with E-state index in [-0.39, 0.29) is 35.4 Å². The van der Waals surface area contributed by atoms with Crippen LogP contribution in [0.15, 0.2) is 29.2 Å². The predicted molar refractivity (Wildman–Crippen MR) is 101 cm³/mol. The van der Waals surface area contributed by atoms with Gasteiger partial charge in [0.25, 0.3) is 0 Å². The van der Waals surface area contributed by atoms with Crippen molar-refractivity contribution in [2.45, 2.75) is 55.6 Å². The van der Waals surface area contributed by atoms with Crippen molar-refractivity contribution >= 4 is 15.9 Å². The zero-order valence-electron chi connectivity index (χ0n) is 15.6. The molecule has 27 heavy (non-hydrogen) atoms. The lowest BCUT2D eigenvalue weighted by atomic mass is 9.92. The molecule has 150 valence electrons. The van der Waals surface area contributed by atoms with Crippen molar-refractivity contribution in [3.63, 3.8) is 0 Å². The molecule has 1 aliphatic heterocycles. The third kappa shape index (κ3) is 4.62. The fourth-order valence-electron chi connectivity index (χ4n) is 3.88. The number of hydrogen-bond donors (Lipinski definition) is 2. The number of carbonyl (C=O) groups excluding carboxylic acids is 1. The van der Waals surface area contributed by atoms with Crippen molar-refractivity contribution < 1.29 is 23.1 Å². The van der Waals surface area contributed by atoms with Gasteiger partial charge in [-0.3, -0.25) is 4.79 Å². The molecule has 1 aliphatic carbocycles. The van der Waals surface area contributed by atoms with Gasteiger partial charge in [-0.1, -0.05) is 12.1 Å². The molecule has 3 rings (SSSR count). The molecule has 7 nitrogen and oxygen atoms in total. The Morgan fingerprint density at radius 3 is 2.59 bits per heavy atom. The molecule has 1 saturated carbocycles. The molecule has 0 radical (unpaired) electrons. The van der Waals surface area contributed by atoms with Gasteiger partial charge in [0.2, 0.25) is 15.9 Å². The van der Waals surface area contributed by atoms with Gasteiger partial charge in [-0.2, -0.15) is 4.31 Å². The van der Waals surface area contributed by atoms with Crippen molar-refractivity contribution in [3.05, 3.63) is 24.3 Å². The molecule has 1 heterocycles. The van der Waals surface area contributed by atoms with Gasteiger partial charge in [0.1, 0.15) is 10.6 Å². The number of rotatable bonds is 5. The van der Waals surface area contributed by atoms with Gasteiger partial charge < -0.3 is 15.2 Å². The van der Waals surface area contributed by atoms with E-state index in [1.165, 1.54) is 17.5 Å². The van der Waals surface area contributed by atoms with Gasteiger partial charge in [0, 0.05) is 19.1 Å². The molecule has 2 fully saturated rings. The van der Waals surface area contributed by atoms with Crippen LogP contribution < -0.4 is 10.1 Å². The zero-order valence-corrected chi connectivity index (χ0v) is 16.5. The largest absolute Gasteiger partial charge is 0.495 e. The predicted octanol–water partition coefficient (Wildman–Crippen LogP) is 1.52. The van der Waals surface area contributed by atoms with Crippen molar-refractivity contribution in [1.82, 2.24) is 9.62 Å². The molecule has 2 N–H and O–H groups in total. The van der Waals surface area contributed by atoms with Gasteiger partial charge in [-0.25, -0.2) is 8.42 Å². The highest BCUT2D eigenvalue weighted by molar-refractivity contribution is 7.89. The third-order valence-corrected chi connectivity index (χ3v) is 7.39. The quantitative estimate of drug-likeness (QED) is 0.787. The summed E-state index contributed by atoms with van der Waals surface area (Å²) >= 11 is 0. The molecule has 1 atom stereocenters. The van der Waals surface area contributed by atoms with Crippen molar-refractivity contribution in [2.24, 2.45) is 5.92 Å². The average Bonchev–Trinajstić information content (AvgIpc) is 2.69. The number of sulfonamides is 1. The van der Waals surface area contributed by atoms with Crippen molar-refractivity contribution in [1.29, 1.82) is 0 Å². The van der Waals surface area contributed by atoms with Crippen LogP contribution in [-0.4, -0.2) is 56.1 Å². The van der Waals surface area contributed by atoms with Crippen molar-refractivity contribution in [3.8, 4) is 5.75 Å². The van der Waals surface area contributed by atoms with Crippen LogP contribution in [0.2, 0.25) is 0 Å². The molecule has 1 saturated heterocycles. The van der Waals surface area contributed by atoms with Crippen LogP contribution in [-0.2, 0) is 14.8 Å². The Kier molecular flexibility index (Phi) is 6.39. The molecule has 0 aromatic heterocycles. The van der Waals surface area contributed by atoms with Gasteiger partial charge in [-0.15, -0.1) is 0 Å². The summed E-state index contributed by atoms with van der Waals surface area (Å²) in [6, 6.07) is 6.62. The number of nitrogens with zero attached hydrogens (tertiary/aromatic N) is 1. The highest BCUT2D eigenvalue weighted by Gasteiger charge is 2.35. The number of nitrogens with one attached hydrogen (secondary N) is 1. The second-order valence-electron chi connectivity index (χ2n) is 7.37. The molecular weight excluding hydrogens is 368 g/mol. The van der Waals surface area contributed by atoms with Crippen LogP contribution in [0.3, 0.4) is 0 Å². The first-order valence-electron chi connectivity index (χ1n) is 9.53. The Hall–Kier alpha value is -1.64. The number of aliphatic hydroxyl groups is 1. The maximum absolute atomic E-state index is 13.0. The SMILES string of the molecule is COc1ccccc1S(=O)(=O)N1CCC[C@H](C(=O)NC2CCC(O)CC2)C1. The molecule has 0 bridgehead atoms. The first kappa shape index (κ1) is 20.1. The topological polar surface area (TPSA) is 95.9 Å². The Balaban J connectivity index is 1.67. The number of ether oxygens (including phenoxy) is 1. The Morgan fingerprint density at radius 2 is 1.89 bits per heavy atom. The Morgan fingerprint density at radius 1 is 1.19 bits per heavy atom. The normalized spacial score (nSPS) is 27.1. The number of para-hydroxylation sites is 1. The minimum absolute atomic E-state index is 0.0714. The van der Waals surface area contributed by atoms with Gasteiger partial charge >= 0.3 is 0 Å². The Bertz CT molecular complexity index is 759. The van der Waals surface area contributed by atoms with Crippen LogP contribution in [0.25, 0.3) is 0 Å². The number of benzene rings is 1. The van der Waals surface area contributed by atoms with E-state index < -0.39 is 10.0 Å². The van der Waals surface area contributed by atoms with E-state index in [1.54, 1.807) is 18.2 Å². The van der Waals surface area contributed by atoms with E-state index in [1.807, 2.05) is 0 Å². The second kappa shape index (κ2) is 8.58. The van der Waals surface area contributed by atoms with E-state index in [2.05, 4.69) is 5.32 Å². The van der Waals surface area contributed by atoms with Crippen LogP contribution in [0.1, 0.15) is 38.5 Å². The second-order valence-corrected chi connectivity index (χ2v) is 9.27. The number of amides is 1. The molecule has 0 unspecified atom stereocenters. The number of aliphatic hydroxyl groups excluding tert-OH is 1. The average molecular weight is 397 g/mol. The molecular formula is C19H28N2O5S. The fourth-order valence-corrected chi connectivity index (χ4v) is 5.56. The summed E-state index contributed by atoms with van der Waals surface area (Å²) in [6.07, 6.45) is 3.99. The lowest BCUT2D eigenvalue weighted by Gasteiger charge is -2.33. The lowest BCUT2D eigenvalue weighted by molar-refractivity contribution is -0.127. The van der Waals surface area contributed by atoms with Gasteiger partial charge in [0.05, 0.1) is 19.1 Å². The van der Waals surface area contributed by atoms with Gasteiger partial charge in [-0.05, 0) is 50.7 Å². The molecule has 1 aromatic carbocycles. The highest BCUT2D eigenvalue weighted by Crippen LogP contribution is 2.30. The molecule has 8 heteroatoms. The summed E-state index contributed by atoms with van der Waals surface area (Å²) in [5.41, 5.74) is 0. The van der Waals surface area contributed by atoms with Gasteiger partial charge in [0.15, 0.2) is 0 Å². The maximum atomic E-state index is 13.0. The molecule has 0 spiro atoms. The summed E-state index contributed by atoms with van der Waals surface area (Å²) in [5.74, 6) is -0.128. The minimum Gasteiger partial charge on any atom is -0.495 e. The monoisotopic (exact) mass is 396 g/mol. The summed E-state index contributed by atoms with van der Waals surface area (Å²) in [4.78, 5) is 12.8. The van der Waals surface area contributed by atoms with Crippen molar-refractivity contribution in [2.75, 3.05) is 20.2 Å². The van der Waals surface area contributed by atoms with E-state index in [9.17, 15) is 18.3 Å². The fraction of sp³-hybridized carbons (Fsp3) is 0.632. The molecule has 2 aliphatic rings. The van der Waals surface area contributed by atoms with Crippen LogP contribution in [0.5, 0.6) is 5.75 Å². The lowest BCUT2D eigenvalue weighted by Crippen LogP contribution is -2.48. The standard InChI is InChI=1S/C19H28N2O5S/c1-26-17-6-2-3-7-18(17)27(24,25)21-12-4-5-14(13-21)19(23)20-15-8-10-16(22)11-9-15/h2-3,6-7,14-16,22H,4-5,8-13H2,1H3,(H,20,23)/t14-,15?,16?/m0/s1. The highest BCUT2D eigenvalue weighted by atomic mass is 32.2. The van der Waals surface area contributed by atoms with Crippen LogP contribution in [0, 0.1) is 5.92 Å². The number of hydrogen-bond acceptors (Lipinski definition) is 5. The number of carbonyl (C=O) groups is 1. The van der Waals surface area contributed by atoms with Crippen LogP contribution >= 0.6 is 0 Å². The first-order valence-corrected chi connectivity index (χ1v) is 11.0. The van der Waals surface area contributed by atoms with Crippen LogP contribution in [0.4, 0.5) is 0 Å². The Labute approximate surface area is 160 Å². The van der Waals surface area contributed by atoms with E-state index in [0.717, 1.165) is 12.8 Å². The smallest absolute Gasteiger partial charge is 0.246 e. The third-order valence-electron chi connectivity index (χ3n) is 5.48. The molecule has 1 amide bonds. The number of piperidine rings is 1.